The largest absolute Gasteiger partial charge is 0.508 e. The smallest absolute Gasteiger partial charge is 0.410 e. The lowest BCUT2D eigenvalue weighted by Gasteiger charge is -2.41. The van der Waals surface area contributed by atoms with Gasteiger partial charge in [-0.2, -0.15) is 5.10 Å². The van der Waals surface area contributed by atoms with Crippen LogP contribution in [-0.4, -0.2) is 91.3 Å². The number of benzene rings is 2. The number of phenols is 1. The van der Waals surface area contributed by atoms with E-state index in [2.05, 4.69) is 0 Å². The minimum absolute atomic E-state index is 0.119. The molecule has 2 aliphatic heterocycles. The number of hydrogen-bond acceptors (Lipinski definition) is 8. The molecule has 6 rings (SSSR count). The number of piperazine rings is 1. The summed E-state index contributed by atoms with van der Waals surface area (Å²) in [6.07, 6.45) is 5.71. The summed E-state index contributed by atoms with van der Waals surface area (Å²) in [6.45, 7) is 6.27. The predicted molar refractivity (Wildman–Crippen MR) is 179 cm³/mol. The normalized spacial score (nSPS) is 19.0. The summed E-state index contributed by atoms with van der Waals surface area (Å²) in [7, 11) is 0. The number of hydrogen-bond donors (Lipinski definition) is 2. The Hall–Kier alpha value is -4.74. The highest BCUT2D eigenvalue weighted by Gasteiger charge is 2.36. The monoisotopic (exact) mass is 639 g/mol. The number of aliphatic hydroxyl groups is 1. The fraction of sp³-hybridized carbons (Fsp3) is 0.389. The van der Waals surface area contributed by atoms with Gasteiger partial charge in [0.25, 0.3) is 5.91 Å². The quantitative estimate of drug-likeness (QED) is 0.274. The molecule has 246 valence electrons. The van der Waals surface area contributed by atoms with Gasteiger partial charge in [0.1, 0.15) is 11.4 Å². The molecule has 11 heteroatoms. The summed E-state index contributed by atoms with van der Waals surface area (Å²) in [5, 5.41) is 26.0. The van der Waals surface area contributed by atoms with Crippen LogP contribution in [0.5, 0.6) is 5.75 Å². The van der Waals surface area contributed by atoms with Crippen molar-refractivity contribution in [3.63, 3.8) is 0 Å². The van der Waals surface area contributed by atoms with Gasteiger partial charge in [-0.1, -0.05) is 36.4 Å². The second kappa shape index (κ2) is 13.5. The number of aliphatic hydroxyl groups excluding tert-OH is 1. The molecule has 0 saturated carbocycles. The number of carbonyl (C=O) groups is 2. The van der Waals surface area contributed by atoms with Gasteiger partial charge in [-0.25, -0.2) is 14.5 Å². The molecule has 2 atom stereocenters. The summed E-state index contributed by atoms with van der Waals surface area (Å²) in [5.74, 6) is -0.187. The number of aromatic nitrogens is 3. The molecule has 1 unspecified atom stereocenters. The van der Waals surface area contributed by atoms with Crippen LogP contribution in [0, 0.1) is 0 Å². The van der Waals surface area contributed by atoms with Gasteiger partial charge in [-0.3, -0.25) is 4.79 Å². The van der Waals surface area contributed by atoms with Crippen molar-refractivity contribution < 1.29 is 29.3 Å². The summed E-state index contributed by atoms with van der Waals surface area (Å²) in [4.78, 5) is 35.7. The number of phenolic OH excluding ortho intramolecular Hbond substituents is 1. The van der Waals surface area contributed by atoms with Crippen LogP contribution in [0.1, 0.15) is 67.9 Å². The van der Waals surface area contributed by atoms with Crippen LogP contribution in [0.3, 0.4) is 0 Å². The maximum absolute atomic E-state index is 14.7. The highest BCUT2D eigenvalue weighted by Crippen LogP contribution is 2.34. The standard InChI is InChI=1S/C36H41N5O6/c1-36(2,3)47-35(45)39-18-19-40(26(22-39)23-42)34(44)28-21-30(25-13-15-27(43)16-14-25)37-33-32(28)29(17-12-24-9-5-4-6-10-24)38-41(33)31-11-7-8-20-46-31/h4-6,9-10,12-17,21,26,31,42-43H,7-8,11,18-20,22-23H2,1-3H3/t26-,31?/m1/s1. The molecule has 11 nitrogen and oxygen atoms in total. The number of nitrogens with zero attached hydrogens (tertiary/aromatic N) is 5. The fourth-order valence-corrected chi connectivity index (χ4v) is 6.01. The predicted octanol–water partition coefficient (Wildman–Crippen LogP) is 5.73. The molecule has 4 heterocycles. The molecule has 47 heavy (non-hydrogen) atoms. The van der Waals surface area contributed by atoms with Gasteiger partial charge in [0.05, 0.1) is 35.0 Å². The maximum Gasteiger partial charge on any atom is 0.410 e. The molecule has 0 radical (unpaired) electrons. The van der Waals surface area contributed by atoms with Crippen molar-refractivity contribution >= 4 is 35.2 Å². The van der Waals surface area contributed by atoms with Gasteiger partial charge in [0.2, 0.25) is 0 Å². The first-order chi connectivity index (χ1) is 22.6. The van der Waals surface area contributed by atoms with Crippen LogP contribution in [0.4, 0.5) is 4.79 Å². The SMILES string of the molecule is CC(C)(C)OC(=O)N1CCN(C(=O)c2cc(-c3ccc(O)cc3)nc3c2c(C=Cc2ccccc2)nn3C2CCCCO2)[C@@H](CO)C1. The van der Waals surface area contributed by atoms with Crippen molar-refractivity contribution in [1.82, 2.24) is 24.6 Å². The zero-order valence-electron chi connectivity index (χ0n) is 27.0. The third kappa shape index (κ3) is 7.16. The van der Waals surface area contributed by atoms with Gasteiger partial charge in [0.15, 0.2) is 11.9 Å². The van der Waals surface area contributed by atoms with Gasteiger partial charge in [-0.15, -0.1) is 0 Å². The summed E-state index contributed by atoms with van der Waals surface area (Å²) in [5.41, 5.74) is 3.00. The van der Waals surface area contributed by atoms with E-state index < -0.39 is 17.7 Å². The average Bonchev–Trinajstić information content (AvgIpc) is 3.45. The van der Waals surface area contributed by atoms with E-state index in [1.807, 2.05) is 42.5 Å². The van der Waals surface area contributed by atoms with Gasteiger partial charge < -0.3 is 29.5 Å². The number of ether oxygens (including phenoxy) is 2. The Bertz CT molecular complexity index is 1760. The second-order valence-electron chi connectivity index (χ2n) is 13.0. The Labute approximate surface area is 274 Å². The van der Waals surface area contributed by atoms with Gasteiger partial charge in [-0.05, 0) is 82.0 Å². The molecule has 2 N–H and O–H groups in total. The number of carbonyl (C=O) groups excluding carboxylic acids is 2. The highest BCUT2D eigenvalue weighted by molar-refractivity contribution is 6.09. The zero-order valence-corrected chi connectivity index (χ0v) is 27.0. The minimum Gasteiger partial charge on any atom is -0.508 e. The minimum atomic E-state index is -0.669. The molecular formula is C36H41N5O6. The number of fused-ring (bicyclic) bond motifs is 1. The molecule has 2 saturated heterocycles. The van der Waals surface area contributed by atoms with Crippen LogP contribution in [-0.2, 0) is 9.47 Å². The van der Waals surface area contributed by atoms with Crippen molar-refractivity contribution in [2.24, 2.45) is 0 Å². The zero-order chi connectivity index (χ0) is 33.1. The maximum atomic E-state index is 14.7. The Morgan fingerprint density at radius 1 is 1.04 bits per heavy atom. The van der Waals surface area contributed by atoms with Crippen molar-refractivity contribution in [3.8, 4) is 17.0 Å². The van der Waals surface area contributed by atoms with E-state index in [0.29, 0.717) is 40.2 Å². The number of pyridine rings is 1. The average molecular weight is 640 g/mol. The van der Waals surface area contributed by atoms with E-state index in [4.69, 9.17) is 19.6 Å². The Morgan fingerprint density at radius 3 is 2.49 bits per heavy atom. The molecule has 2 aromatic heterocycles. The topological polar surface area (TPSA) is 130 Å². The summed E-state index contributed by atoms with van der Waals surface area (Å²) >= 11 is 0. The first-order valence-corrected chi connectivity index (χ1v) is 16.1. The molecule has 0 bridgehead atoms. The van der Waals surface area contributed by atoms with E-state index in [9.17, 15) is 19.8 Å². The fourth-order valence-electron chi connectivity index (χ4n) is 6.01. The lowest BCUT2D eigenvalue weighted by Crippen LogP contribution is -2.58. The van der Waals surface area contributed by atoms with Crippen LogP contribution >= 0.6 is 0 Å². The van der Waals surface area contributed by atoms with Crippen LogP contribution < -0.4 is 0 Å². The Balaban J connectivity index is 1.47. The summed E-state index contributed by atoms with van der Waals surface area (Å²) < 4.78 is 13.5. The molecular weight excluding hydrogens is 598 g/mol. The third-order valence-electron chi connectivity index (χ3n) is 8.35. The van der Waals surface area contributed by atoms with Crippen molar-refractivity contribution in [1.29, 1.82) is 0 Å². The van der Waals surface area contributed by atoms with Crippen molar-refractivity contribution in [2.75, 3.05) is 32.8 Å². The van der Waals surface area contributed by atoms with Crippen molar-refractivity contribution in [3.05, 3.63) is 77.5 Å². The molecule has 2 aromatic carbocycles. The highest BCUT2D eigenvalue weighted by atomic mass is 16.6. The van der Waals surface area contributed by atoms with E-state index in [0.717, 1.165) is 24.8 Å². The molecule has 0 spiro atoms. The molecule has 4 aromatic rings. The number of amides is 2. The molecule has 2 aliphatic rings. The van der Waals surface area contributed by atoms with E-state index in [1.54, 1.807) is 60.7 Å². The Morgan fingerprint density at radius 2 is 1.81 bits per heavy atom. The van der Waals surface area contributed by atoms with E-state index in [-0.39, 0.29) is 44.1 Å². The van der Waals surface area contributed by atoms with E-state index in [1.165, 1.54) is 4.90 Å². The summed E-state index contributed by atoms with van der Waals surface area (Å²) in [6, 6.07) is 17.6. The van der Waals surface area contributed by atoms with Crippen molar-refractivity contribution in [2.45, 2.75) is 57.9 Å². The van der Waals surface area contributed by atoms with Crippen LogP contribution in [0.2, 0.25) is 0 Å². The molecule has 2 amide bonds. The molecule has 0 aliphatic carbocycles. The van der Waals surface area contributed by atoms with Crippen LogP contribution in [0.15, 0.2) is 60.7 Å². The van der Waals surface area contributed by atoms with Gasteiger partial charge >= 0.3 is 6.09 Å². The molecule has 2 fully saturated rings. The number of aromatic hydroxyl groups is 1. The van der Waals surface area contributed by atoms with Gasteiger partial charge in [0, 0.05) is 31.8 Å². The second-order valence-corrected chi connectivity index (χ2v) is 13.0. The first-order valence-electron chi connectivity index (χ1n) is 16.1. The Kier molecular flexibility index (Phi) is 9.28. The number of rotatable bonds is 6. The van der Waals surface area contributed by atoms with E-state index >= 15 is 0 Å². The lowest BCUT2D eigenvalue weighted by atomic mass is 10.0. The third-order valence-corrected chi connectivity index (χ3v) is 8.35. The first kappa shape index (κ1) is 32.2. The van der Waals surface area contributed by atoms with Crippen LogP contribution in [0.25, 0.3) is 34.4 Å². The lowest BCUT2D eigenvalue weighted by molar-refractivity contribution is -0.0370.